The van der Waals surface area contributed by atoms with Crippen molar-refractivity contribution in [2.24, 2.45) is 0 Å². The average Bonchev–Trinajstić information content (AvgIpc) is 3.05. The lowest BCUT2D eigenvalue weighted by Gasteiger charge is -2.07. The van der Waals surface area contributed by atoms with Crippen LogP contribution in [0.1, 0.15) is 16.4 Å². The molecule has 0 aromatic carbocycles. The van der Waals surface area contributed by atoms with Crippen LogP contribution in [0, 0.1) is 6.92 Å². The Hall–Kier alpha value is -1.60. The minimum atomic E-state index is 0.698. The maximum absolute atomic E-state index is 4.60. The van der Waals surface area contributed by atoms with E-state index in [1.54, 1.807) is 29.3 Å². The van der Waals surface area contributed by atoms with Gasteiger partial charge in [0.15, 0.2) is 5.65 Å². The van der Waals surface area contributed by atoms with Gasteiger partial charge in [0.1, 0.15) is 10.8 Å². The number of hydrogen-bond donors (Lipinski definition) is 1. The zero-order chi connectivity index (χ0) is 13.9. The topological polar surface area (TPSA) is 55.1 Å². The van der Waals surface area contributed by atoms with E-state index in [0.29, 0.717) is 6.54 Å². The highest BCUT2D eigenvalue weighted by Crippen LogP contribution is 2.17. The standard InChI is InChI=1S/C13H15N5S2/c1-9-5-12(18-11(16-9)3-4-15-18)14-6-10-7-20-13(17-10)8-19-2/h3-5,7,14H,6,8H2,1-2H3. The van der Waals surface area contributed by atoms with Gasteiger partial charge in [-0.15, -0.1) is 11.3 Å². The van der Waals surface area contributed by atoms with Gasteiger partial charge in [0.05, 0.1) is 18.4 Å². The smallest absolute Gasteiger partial charge is 0.157 e. The second kappa shape index (κ2) is 5.80. The van der Waals surface area contributed by atoms with Crippen molar-refractivity contribution in [1.82, 2.24) is 19.6 Å². The van der Waals surface area contributed by atoms with Gasteiger partial charge in [0.25, 0.3) is 0 Å². The van der Waals surface area contributed by atoms with E-state index in [-0.39, 0.29) is 0 Å². The van der Waals surface area contributed by atoms with Crippen LogP contribution < -0.4 is 5.32 Å². The Morgan fingerprint density at radius 1 is 1.40 bits per heavy atom. The highest BCUT2D eigenvalue weighted by atomic mass is 32.2. The fourth-order valence-corrected chi connectivity index (χ4v) is 3.48. The first kappa shape index (κ1) is 13.4. The van der Waals surface area contributed by atoms with Gasteiger partial charge >= 0.3 is 0 Å². The number of nitrogens with zero attached hydrogens (tertiary/aromatic N) is 4. The number of aryl methyl sites for hydroxylation is 1. The summed E-state index contributed by atoms with van der Waals surface area (Å²) in [4.78, 5) is 9.02. The number of hydrogen-bond acceptors (Lipinski definition) is 6. The first-order valence-corrected chi connectivity index (χ1v) is 8.51. The Kier molecular flexibility index (Phi) is 3.88. The van der Waals surface area contributed by atoms with Crippen LogP contribution in [0.2, 0.25) is 0 Å². The number of fused-ring (bicyclic) bond motifs is 1. The number of thiazole rings is 1. The molecule has 7 heteroatoms. The van der Waals surface area contributed by atoms with Crippen LogP contribution in [0.5, 0.6) is 0 Å². The zero-order valence-corrected chi connectivity index (χ0v) is 13.0. The van der Waals surface area contributed by atoms with Gasteiger partial charge in [-0.2, -0.15) is 21.4 Å². The van der Waals surface area contributed by atoms with Crippen LogP contribution in [0.4, 0.5) is 5.82 Å². The molecule has 0 amide bonds. The van der Waals surface area contributed by atoms with Gasteiger partial charge in [-0.05, 0) is 13.2 Å². The van der Waals surface area contributed by atoms with E-state index in [2.05, 4.69) is 32.0 Å². The van der Waals surface area contributed by atoms with E-state index < -0.39 is 0 Å². The van der Waals surface area contributed by atoms with Crippen molar-refractivity contribution in [3.63, 3.8) is 0 Å². The largest absolute Gasteiger partial charge is 0.364 e. The van der Waals surface area contributed by atoms with Crippen LogP contribution in [0.3, 0.4) is 0 Å². The quantitative estimate of drug-likeness (QED) is 0.785. The van der Waals surface area contributed by atoms with Crippen molar-refractivity contribution in [3.05, 3.63) is 40.1 Å². The lowest BCUT2D eigenvalue weighted by atomic mass is 10.4. The molecule has 0 unspecified atom stereocenters. The molecule has 0 aliphatic heterocycles. The second-order valence-electron chi connectivity index (χ2n) is 4.40. The molecule has 3 aromatic rings. The zero-order valence-electron chi connectivity index (χ0n) is 11.3. The molecular weight excluding hydrogens is 290 g/mol. The van der Waals surface area contributed by atoms with Gasteiger partial charge in [0, 0.05) is 29.0 Å². The Morgan fingerprint density at radius 2 is 2.30 bits per heavy atom. The van der Waals surface area contributed by atoms with Crippen molar-refractivity contribution in [1.29, 1.82) is 0 Å². The third kappa shape index (κ3) is 2.78. The lowest BCUT2D eigenvalue weighted by molar-refractivity contribution is 0.910. The summed E-state index contributed by atoms with van der Waals surface area (Å²) in [7, 11) is 0. The fraction of sp³-hybridized carbons (Fsp3) is 0.308. The maximum atomic E-state index is 4.60. The van der Waals surface area contributed by atoms with Crippen LogP contribution >= 0.6 is 23.1 Å². The SMILES string of the molecule is CSCc1nc(CNc2cc(C)nc3ccnn23)cs1. The predicted octanol–water partition coefficient (Wildman–Crippen LogP) is 2.97. The predicted molar refractivity (Wildman–Crippen MR) is 84.4 cm³/mol. The summed E-state index contributed by atoms with van der Waals surface area (Å²) in [6.45, 7) is 2.68. The van der Waals surface area contributed by atoms with Gasteiger partial charge in [-0.25, -0.2) is 9.97 Å². The number of anilines is 1. The molecule has 0 atom stereocenters. The highest BCUT2D eigenvalue weighted by molar-refractivity contribution is 7.97. The molecule has 0 fully saturated rings. The molecule has 0 aliphatic carbocycles. The van der Waals surface area contributed by atoms with Gasteiger partial charge in [-0.1, -0.05) is 0 Å². The number of rotatable bonds is 5. The summed E-state index contributed by atoms with van der Waals surface area (Å²) in [6.07, 6.45) is 3.85. The van der Waals surface area contributed by atoms with E-state index in [1.807, 2.05) is 23.6 Å². The first-order valence-electron chi connectivity index (χ1n) is 6.24. The molecule has 0 radical (unpaired) electrons. The van der Waals surface area contributed by atoms with E-state index >= 15 is 0 Å². The summed E-state index contributed by atoms with van der Waals surface area (Å²) in [5.41, 5.74) is 2.89. The molecule has 3 aromatic heterocycles. The van der Waals surface area contributed by atoms with Crippen LogP contribution in [-0.4, -0.2) is 25.8 Å². The third-order valence-corrected chi connectivity index (χ3v) is 4.45. The summed E-state index contributed by atoms with van der Waals surface area (Å²) in [6, 6.07) is 3.90. The summed E-state index contributed by atoms with van der Waals surface area (Å²) < 4.78 is 1.81. The van der Waals surface area contributed by atoms with Gasteiger partial charge < -0.3 is 5.32 Å². The summed E-state index contributed by atoms with van der Waals surface area (Å²) in [5, 5.41) is 10.9. The van der Waals surface area contributed by atoms with E-state index in [9.17, 15) is 0 Å². The Labute approximate surface area is 125 Å². The minimum absolute atomic E-state index is 0.698. The van der Waals surface area contributed by atoms with E-state index in [1.165, 1.54) is 5.01 Å². The summed E-state index contributed by atoms with van der Waals surface area (Å²) >= 11 is 3.50. The van der Waals surface area contributed by atoms with Crippen molar-refractivity contribution < 1.29 is 0 Å². The van der Waals surface area contributed by atoms with Crippen molar-refractivity contribution in [2.45, 2.75) is 19.2 Å². The number of thioether (sulfide) groups is 1. The van der Waals surface area contributed by atoms with Crippen LogP contribution in [0.15, 0.2) is 23.7 Å². The molecule has 104 valence electrons. The number of nitrogens with one attached hydrogen (secondary N) is 1. The molecule has 5 nitrogen and oxygen atoms in total. The maximum Gasteiger partial charge on any atom is 0.157 e. The molecule has 1 N–H and O–H groups in total. The van der Waals surface area contributed by atoms with Crippen LogP contribution in [-0.2, 0) is 12.3 Å². The molecule has 3 rings (SSSR count). The molecule has 0 spiro atoms. The lowest BCUT2D eigenvalue weighted by Crippen LogP contribution is -2.07. The third-order valence-electron chi connectivity index (χ3n) is 2.81. The van der Waals surface area contributed by atoms with E-state index in [4.69, 9.17) is 0 Å². The molecule has 0 saturated heterocycles. The van der Waals surface area contributed by atoms with Gasteiger partial charge in [-0.3, -0.25) is 0 Å². The fourth-order valence-electron chi connectivity index (χ4n) is 1.97. The Morgan fingerprint density at radius 3 is 3.15 bits per heavy atom. The first-order chi connectivity index (χ1) is 9.76. The Balaban J connectivity index is 1.77. The normalized spacial score (nSPS) is 11.1. The average molecular weight is 305 g/mol. The molecule has 20 heavy (non-hydrogen) atoms. The second-order valence-corrected chi connectivity index (χ2v) is 6.21. The molecule has 0 saturated carbocycles. The van der Waals surface area contributed by atoms with Crippen molar-refractivity contribution in [3.8, 4) is 0 Å². The molecule has 0 aliphatic rings. The minimum Gasteiger partial charge on any atom is -0.364 e. The molecule has 3 heterocycles. The Bertz CT molecular complexity index is 718. The molecular formula is C13H15N5S2. The van der Waals surface area contributed by atoms with E-state index in [0.717, 1.165) is 28.6 Å². The highest BCUT2D eigenvalue weighted by Gasteiger charge is 2.06. The van der Waals surface area contributed by atoms with Crippen molar-refractivity contribution >= 4 is 34.6 Å². The van der Waals surface area contributed by atoms with Crippen LogP contribution in [0.25, 0.3) is 5.65 Å². The molecule has 0 bridgehead atoms. The summed E-state index contributed by atoms with van der Waals surface area (Å²) in [5.74, 6) is 1.92. The van der Waals surface area contributed by atoms with Crippen molar-refractivity contribution in [2.75, 3.05) is 11.6 Å². The monoisotopic (exact) mass is 305 g/mol. The number of aromatic nitrogens is 4. The van der Waals surface area contributed by atoms with Gasteiger partial charge in [0.2, 0.25) is 0 Å².